The van der Waals surface area contributed by atoms with Gasteiger partial charge in [-0.2, -0.15) is 4.31 Å². The van der Waals surface area contributed by atoms with Crippen molar-refractivity contribution in [3.05, 3.63) is 65.2 Å². The first-order chi connectivity index (χ1) is 15.4. The van der Waals surface area contributed by atoms with Crippen LogP contribution in [0, 0.1) is 0 Å². The number of hydrogen-bond acceptors (Lipinski definition) is 6. The van der Waals surface area contributed by atoms with Crippen LogP contribution in [0.15, 0.2) is 53.4 Å². The van der Waals surface area contributed by atoms with E-state index in [0.29, 0.717) is 29.8 Å². The van der Waals surface area contributed by atoms with E-state index in [1.54, 1.807) is 50.2 Å². The van der Waals surface area contributed by atoms with Crippen molar-refractivity contribution in [1.82, 2.24) is 4.31 Å². The average molecular weight is 494 g/mol. The van der Waals surface area contributed by atoms with Crippen molar-refractivity contribution >= 4 is 25.6 Å². The highest BCUT2D eigenvalue weighted by Crippen LogP contribution is 2.22. The first kappa shape index (κ1) is 25.6. The van der Waals surface area contributed by atoms with E-state index >= 15 is 0 Å². The molecule has 1 fully saturated rings. The van der Waals surface area contributed by atoms with E-state index in [0.717, 1.165) is 0 Å². The van der Waals surface area contributed by atoms with Gasteiger partial charge in [0.05, 0.1) is 28.1 Å². The number of ketones is 1. The van der Waals surface area contributed by atoms with Gasteiger partial charge >= 0.3 is 0 Å². The zero-order chi connectivity index (χ0) is 24.4. The minimum Gasteiger partial charge on any atom is -0.373 e. The molecule has 2 aromatic rings. The van der Waals surface area contributed by atoms with Crippen molar-refractivity contribution in [2.75, 3.05) is 13.1 Å². The summed E-state index contributed by atoms with van der Waals surface area (Å²) in [6.07, 6.45) is -0.218. The summed E-state index contributed by atoms with van der Waals surface area (Å²) in [4.78, 5) is 12.9. The summed E-state index contributed by atoms with van der Waals surface area (Å²) in [5.74, 6) is -0.185. The molecule has 2 atom stereocenters. The second-order valence-electron chi connectivity index (χ2n) is 8.88. The molecule has 0 N–H and O–H groups in total. The molecule has 0 aliphatic carbocycles. The van der Waals surface area contributed by atoms with Gasteiger partial charge in [-0.15, -0.1) is 0 Å². The van der Waals surface area contributed by atoms with E-state index < -0.39 is 25.1 Å². The van der Waals surface area contributed by atoms with E-state index in [-0.39, 0.29) is 35.1 Å². The summed E-state index contributed by atoms with van der Waals surface area (Å²) < 4.78 is 57.1. The number of sulfonamides is 1. The molecule has 7 nitrogen and oxygen atoms in total. The fraction of sp³-hybridized carbons (Fsp3) is 0.458. The van der Waals surface area contributed by atoms with Crippen LogP contribution >= 0.6 is 0 Å². The maximum Gasteiger partial charge on any atom is 0.243 e. The van der Waals surface area contributed by atoms with Crippen LogP contribution in [0.3, 0.4) is 0 Å². The minimum absolute atomic E-state index is 0.0598. The molecule has 3 rings (SSSR count). The number of benzene rings is 2. The van der Waals surface area contributed by atoms with Gasteiger partial charge in [-0.1, -0.05) is 36.4 Å². The van der Waals surface area contributed by atoms with E-state index in [1.165, 1.54) is 16.4 Å². The molecule has 0 radical (unpaired) electrons. The number of morpholine rings is 1. The van der Waals surface area contributed by atoms with Crippen molar-refractivity contribution < 1.29 is 26.4 Å². The second-order valence-corrected chi connectivity index (χ2v) is 13.4. The van der Waals surface area contributed by atoms with Crippen molar-refractivity contribution in [3.8, 4) is 0 Å². The molecule has 0 aromatic heterocycles. The molecule has 1 aliphatic heterocycles. The van der Waals surface area contributed by atoms with Gasteiger partial charge in [0.25, 0.3) is 0 Å². The van der Waals surface area contributed by atoms with Crippen LogP contribution in [-0.4, -0.2) is 57.5 Å². The first-order valence-corrected chi connectivity index (χ1v) is 14.1. The van der Waals surface area contributed by atoms with Gasteiger partial charge in [0.15, 0.2) is 15.6 Å². The van der Waals surface area contributed by atoms with Crippen LogP contribution in [0.2, 0.25) is 0 Å². The van der Waals surface area contributed by atoms with Gasteiger partial charge in [0.1, 0.15) is 0 Å². The number of ether oxygens (including phenoxy) is 1. The molecule has 9 heteroatoms. The van der Waals surface area contributed by atoms with Gasteiger partial charge in [0.2, 0.25) is 10.0 Å². The van der Waals surface area contributed by atoms with Gasteiger partial charge in [-0.3, -0.25) is 4.79 Å². The number of carbonyl (C=O) groups excluding carboxylic acids is 1. The fourth-order valence-corrected chi connectivity index (χ4v) is 6.31. The highest BCUT2D eigenvalue weighted by Gasteiger charge is 2.32. The molecule has 1 aliphatic rings. The molecule has 180 valence electrons. The number of hydrogen-bond donors (Lipinski definition) is 0. The predicted molar refractivity (Wildman–Crippen MR) is 127 cm³/mol. The lowest BCUT2D eigenvalue weighted by Gasteiger charge is -2.34. The van der Waals surface area contributed by atoms with Gasteiger partial charge in [-0.05, 0) is 51.0 Å². The fourth-order valence-electron chi connectivity index (χ4n) is 3.73. The van der Waals surface area contributed by atoms with Crippen molar-refractivity contribution in [3.63, 3.8) is 0 Å². The zero-order valence-corrected chi connectivity index (χ0v) is 21.0. The zero-order valence-electron chi connectivity index (χ0n) is 19.4. The van der Waals surface area contributed by atoms with Crippen LogP contribution in [0.1, 0.15) is 49.2 Å². The number of Topliss-reactive ketones (excluding diaryl/α,β-unsaturated/α-hetero) is 1. The summed E-state index contributed by atoms with van der Waals surface area (Å²) in [5, 5.41) is -0.458. The van der Waals surface area contributed by atoms with E-state index in [4.69, 9.17) is 4.74 Å². The maximum absolute atomic E-state index is 13.0. The lowest BCUT2D eigenvalue weighted by atomic mass is 10.0. The summed E-state index contributed by atoms with van der Waals surface area (Å²) in [6, 6.07) is 13.0. The summed E-state index contributed by atoms with van der Waals surface area (Å²) >= 11 is 0. The third-order valence-corrected chi connectivity index (χ3v) is 9.69. The SMILES string of the molecule is CC(C)S(=O)(=O)Cc1ccc(C(=O)Cc2ccc(S(=O)(=O)N3C[C@@H](C)O[C@@H](C)C3)cc2)cc1. The maximum atomic E-state index is 13.0. The Kier molecular flexibility index (Phi) is 7.78. The Labute approximate surface area is 196 Å². The highest BCUT2D eigenvalue weighted by molar-refractivity contribution is 7.91. The number of sulfone groups is 1. The molecule has 0 spiro atoms. The van der Waals surface area contributed by atoms with E-state index in [2.05, 4.69) is 0 Å². The van der Waals surface area contributed by atoms with Crippen molar-refractivity contribution in [2.45, 2.75) is 62.2 Å². The molecule has 0 unspecified atom stereocenters. The largest absolute Gasteiger partial charge is 0.373 e. The predicted octanol–water partition coefficient (Wildman–Crippen LogP) is 3.23. The van der Waals surface area contributed by atoms with Gasteiger partial charge in [0, 0.05) is 25.1 Å². The molecular formula is C24H31NO6S2. The first-order valence-electron chi connectivity index (χ1n) is 11.0. The summed E-state index contributed by atoms with van der Waals surface area (Å²) in [5.41, 5.74) is 1.82. The number of carbonyl (C=O) groups is 1. The monoisotopic (exact) mass is 493 g/mol. The van der Waals surface area contributed by atoms with E-state index in [1.807, 2.05) is 13.8 Å². The Hall–Kier alpha value is -2.07. The highest BCUT2D eigenvalue weighted by atomic mass is 32.2. The quantitative estimate of drug-likeness (QED) is 0.524. The third kappa shape index (κ3) is 6.29. The Balaban J connectivity index is 1.67. The summed E-state index contributed by atoms with van der Waals surface area (Å²) in [7, 11) is -6.84. The summed E-state index contributed by atoms with van der Waals surface area (Å²) in [6.45, 7) is 7.60. The van der Waals surface area contributed by atoms with Crippen LogP contribution in [0.5, 0.6) is 0 Å². The molecule has 1 heterocycles. The molecule has 33 heavy (non-hydrogen) atoms. The smallest absolute Gasteiger partial charge is 0.243 e. The van der Waals surface area contributed by atoms with Crippen LogP contribution < -0.4 is 0 Å². The molecule has 0 amide bonds. The lowest BCUT2D eigenvalue weighted by molar-refractivity contribution is -0.0440. The van der Waals surface area contributed by atoms with Gasteiger partial charge in [-0.25, -0.2) is 16.8 Å². The Bertz CT molecular complexity index is 1180. The molecule has 2 aromatic carbocycles. The minimum atomic E-state index is -3.63. The van der Waals surface area contributed by atoms with Crippen LogP contribution in [0.25, 0.3) is 0 Å². The number of nitrogens with zero attached hydrogens (tertiary/aromatic N) is 1. The van der Waals surface area contributed by atoms with Gasteiger partial charge < -0.3 is 4.74 Å². The van der Waals surface area contributed by atoms with Crippen molar-refractivity contribution in [2.24, 2.45) is 0 Å². The molecule has 0 saturated carbocycles. The number of rotatable bonds is 8. The second kappa shape index (κ2) is 10.0. The normalized spacial score (nSPS) is 20.2. The standard InChI is InChI=1S/C24H31NO6S2/c1-17(2)32(27,28)16-21-5-9-22(10-6-21)24(26)13-20-7-11-23(12-8-20)33(29,30)25-14-18(3)31-19(4)15-25/h5-12,17-19H,13-16H2,1-4H3/t18-,19+. The third-order valence-electron chi connectivity index (χ3n) is 5.67. The Morgan fingerprint density at radius 2 is 1.42 bits per heavy atom. The topological polar surface area (TPSA) is 97.8 Å². The van der Waals surface area contributed by atoms with Crippen LogP contribution in [0.4, 0.5) is 0 Å². The van der Waals surface area contributed by atoms with E-state index in [9.17, 15) is 21.6 Å². The molecular weight excluding hydrogens is 462 g/mol. The Morgan fingerprint density at radius 3 is 1.94 bits per heavy atom. The van der Waals surface area contributed by atoms with Crippen molar-refractivity contribution in [1.29, 1.82) is 0 Å². The Morgan fingerprint density at radius 1 is 0.909 bits per heavy atom. The molecule has 1 saturated heterocycles. The lowest BCUT2D eigenvalue weighted by Crippen LogP contribution is -2.48. The molecule has 0 bridgehead atoms. The van der Waals surface area contributed by atoms with Crippen LogP contribution in [-0.2, 0) is 36.8 Å². The average Bonchev–Trinajstić information content (AvgIpc) is 2.73.